The van der Waals surface area contributed by atoms with E-state index < -0.39 is 0 Å². The maximum atomic E-state index is 12.3. The molecular weight excluding hydrogens is 398 g/mol. The SMILES string of the molecule is COc1cc(C(C)=O)ccc1OCC(=O)NCCn1cnc(-c2ccccc2)cc1=O. The van der Waals surface area contributed by atoms with Crippen molar-refractivity contribution >= 4 is 11.7 Å². The molecule has 1 amide bonds. The number of rotatable bonds is 9. The highest BCUT2D eigenvalue weighted by molar-refractivity contribution is 5.94. The molecule has 0 atom stereocenters. The molecule has 1 aromatic heterocycles. The van der Waals surface area contributed by atoms with Crippen molar-refractivity contribution in [3.05, 3.63) is 76.8 Å². The monoisotopic (exact) mass is 421 g/mol. The molecule has 0 radical (unpaired) electrons. The van der Waals surface area contributed by atoms with Gasteiger partial charge in [-0.3, -0.25) is 19.0 Å². The summed E-state index contributed by atoms with van der Waals surface area (Å²) in [4.78, 5) is 40.1. The zero-order chi connectivity index (χ0) is 22.2. The van der Waals surface area contributed by atoms with Crippen molar-refractivity contribution in [1.82, 2.24) is 14.9 Å². The Morgan fingerprint density at radius 3 is 2.52 bits per heavy atom. The standard InChI is InChI=1S/C23H23N3O5/c1-16(27)18-8-9-20(21(12-18)30-2)31-14-22(28)24-10-11-26-15-25-19(13-23(26)29)17-6-4-3-5-7-17/h3-9,12-13,15H,10-11,14H2,1-2H3,(H,24,28). The van der Waals surface area contributed by atoms with Crippen molar-refractivity contribution in [3.63, 3.8) is 0 Å². The van der Waals surface area contributed by atoms with Gasteiger partial charge in [-0.15, -0.1) is 0 Å². The van der Waals surface area contributed by atoms with E-state index in [0.29, 0.717) is 22.8 Å². The molecule has 8 nitrogen and oxygen atoms in total. The van der Waals surface area contributed by atoms with Crippen molar-refractivity contribution < 1.29 is 19.1 Å². The van der Waals surface area contributed by atoms with Crippen LogP contribution in [0.2, 0.25) is 0 Å². The molecule has 8 heteroatoms. The highest BCUT2D eigenvalue weighted by atomic mass is 16.5. The summed E-state index contributed by atoms with van der Waals surface area (Å²) in [7, 11) is 1.46. The fraction of sp³-hybridized carbons (Fsp3) is 0.217. The topological polar surface area (TPSA) is 99.5 Å². The van der Waals surface area contributed by atoms with Gasteiger partial charge in [0.15, 0.2) is 23.9 Å². The highest BCUT2D eigenvalue weighted by Gasteiger charge is 2.10. The number of carbonyl (C=O) groups excluding carboxylic acids is 2. The predicted molar refractivity (Wildman–Crippen MR) is 115 cm³/mol. The van der Waals surface area contributed by atoms with Crippen molar-refractivity contribution in [2.75, 3.05) is 20.3 Å². The fourth-order valence-corrected chi connectivity index (χ4v) is 2.88. The molecule has 3 rings (SSSR count). The van der Waals surface area contributed by atoms with Crippen molar-refractivity contribution in [2.45, 2.75) is 13.5 Å². The smallest absolute Gasteiger partial charge is 0.258 e. The second kappa shape index (κ2) is 10.2. The predicted octanol–water partition coefficient (Wildman–Crippen LogP) is 2.32. The molecule has 160 valence electrons. The van der Waals surface area contributed by atoms with E-state index in [2.05, 4.69) is 10.3 Å². The van der Waals surface area contributed by atoms with Gasteiger partial charge in [0.05, 0.1) is 19.1 Å². The van der Waals surface area contributed by atoms with Crippen molar-refractivity contribution in [3.8, 4) is 22.8 Å². The number of ether oxygens (including phenoxy) is 2. The first-order chi connectivity index (χ1) is 15.0. The van der Waals surface area contributed by atoms with E-state index in [1.165, 1.54) is 31.0 Å². The Morgan fingerprint density at radius 1 is 1.06 bits per heavy atom. The Balaban J connectivity index is 1.51. The first-order valence-electron chi connectivity index (χ1n) is 9.68. The van der Waals surface area contributed by atoms with E-state index in [4.69, 9.17) is 9.47 Å². The lowest BCUT2D eigenvalue weighted by Gasteiger charge is -2.12. The number of amides is 1. The van der Waals surface area contributed by atoms with Crippen LogP contribution >= 0.6 is 0 Å². The van der Waals surface area contributed by atoms with Gasteiger partial charge in [-0.25, -0.2) is 4.98 Å². The number of methoxy groups -OCH3 is 1. The van der Waals surface area contributed by atoms with E-state index in [0.717, 1.165) is 5.56 Å². The van der Waals surface area contributed by atoms with Crippen LogP contribution in [-0.4, -0.2) is 41.5 Å². The summed E-state index contributed by atoms with van der Waals surface area (Å²) in [5, 5.41) is 2.70. The average molecular weight is 421 g/mol. The highest BCUT2D eigenvalue weighted by Crippen LogP contribution is 2.28. The van der Waals surface area contributed by atoms with Crippen LogP contribution in [0.4, 0.5) is 0 Å². The van der Waals surface area contributed by atoms with Gasteiger partial charge in [0.2, 0.25) is 0 Å². The first kappa shape index (κ1) is 21.8. The van der Waals surface area contributed by atoms with Crippen molar-refractivity contribution in [1.29, 1.82) is 0 Å². The number of carbonyl (C=O) groups is 2. The third kappa shape index (κ3) is 5.79. The van der Waals surface area contributed by atoms with Crippen molar-refractivity contribution in [2.24, 2.45) is 0 Å². The lowest BCUT2D eigenvalue weighted by atomic mass is 10.1. The van der Waals surface area contributed by atoms with Gasteiger partial charge in [-0.2, -0.15) is 0 Å². The number of ketones is 1. The van der Waals surface area contributed by atoms with E-state index in [-0.39, 0.29) is 36.9 Å². The second-order valence-corrected chi connectivity index (χ2v) is 6.73. The van der Waals surface area contributed by atoms with E-state index in [1.54, 1.807) is 18.2 Å². The number of aromatic nitrogens is 2. The maximum absolute atomic E-state index is 12.3. The lowest BCUT2D eigenvalue weighted by molar-refractivity contribution is -0.123. The van der Waals surface area contributed by atoms with Gasteiger partial charge in [0.1, 0.15) is 0 Å². The third-order valence-corrected chi connectivity index (χ3v) is 4.55. The summed E-state index contributed by atoms with van der Waals surface area (Å²) >= 11 is 0. The zero-order valence-electron chi connectivity index (χ0n) is 17.3. The summed E-state index contributed by atoms with van der Waals surface area (Å²) in [6.45, 7) is 1.76. The van der Waals surface area contributed by atoms with E-state index in [1.807, 2.05) is 30.3 Å². The average Bonchev–Trinajstić information content (AvgIpc) is 2.79. The fourth-order valence-electron chi connectivity index (χ4n) is 2.88. The molecule has 31 heavy (non-hydrogen) atoms. The minimum atomic E-state index is -0.348. The van der Waals surface area contributed by atoms with E-state index in [9.17, 15) is 14.4 Å². The van der Waals surface area contributed by atoms with Crippen LogP contribution in [0.5, 0.6) is 11.5 Å². The molecule has 2 aromatic carbocycles. The summed E-state index contributed by atoms with van der Waals surface area (Å²) in [5.41, 5.74) is 1.76. The molecule has 0 saturated heterocycles. The lowest BCUT2D eigenvalue weighted by Crippen LogP contribution is -2.33. The minimum absolute atomic E-state index is 0.0934. The quantitative estimate of drug-likeness (QED) is 0.533. The number of nitrogens with one attached hydrogen (secondary N) is 1. The summed E-state index contributed by atoms with van der Waals surface area (Å²) < 4.78 is 12.1. The van der Waals surface area contributed by atoms with Gasteiger partial charge < -0.3 is 14.8 Å². The molecule has 0 bridgehead atoms. The number of hydrogen-bond donors (Lipinski definition) is 1. The maximum Gasteiger partial charge on any atom is 0.258 e. The normalized spacial score (nSPS) is 10.4. The number of nitrogens with zero attached hydrogens (tertiary/aromatic N) is 2. The Labute approximate surface area is 179 Å². The van der Waals surface area contributed by atoms with Crippen LogP contribution in [0.15, 0.2) is 65.7 Å². The first-order valence-corrected chi connectivity index (χ1v) is 9.68. The molecule has 0 unspecified atom stereocenters. The van der Waals surface area contributed by atoms with Gasteiger partial charge in [0, 0.05) is 30.3 Å². The Morgan fingerprint density at radius 2 is 1.84 bits per heavy atom. The van der Waals surface area contributed by atoms with Crippen LogP contribution < -0.4 is 20.3 Å². The summed E-state index contributed by atoms with van der Waals surface area (Å²) in [6, 6.07) is 15.7. The number of Topliss-reactive ketones (excluding diaryl/α,β-unsaturated/α-hetero) is 1. The Kier molecular flexibility index (Phi) is 7.16. The minimum Gasteiger partial charge on any atom is -0.493 e. The van der Waals surface area contributed by atoms with Crippen LogP contribution in [0, 0.1) is 0 Å². The largest absolute Gasteiger partial charge is 0.493 e. The summed E-state index contributed by atoms with van der Waals surface area (Å²) in [5.74, 6) is 0.292. The molecule has 1 heterocycles. The molecule has 0 aliphatic rings. The van der Waals surface area contributed by atoms with Crippen LogP contribution in [0.3, 0.4) is 0 Å². The Hall–Kier alpha value is -3.94. The molecule has 3 aromatic rings. The Bertz CT molecular complexity index is 1130. The number of benzene rings is 2. The summed E-state index contributed by atoms with van der Waals surface area (Å²) in [6.07, 6.45) is 1.47. The van der Waals surface area contributed by atoms with Gasteiger partial charge >= 0.3 is 0 Å². The van der Waals surface area contributed by atoms with Crippen LogP contribution in [0.25, 0.3) is 11.3 Å². The molecular formula is C23H23N3O5. The van der Waals surface area contributed by atoms with E-state index >= 15 is 0 Å². The molecule has 0 fully saturated rings. The molecule has 0 aliphatic carbocycles. The number of hydrogen-bond acceptors (Lipinski definition) is 6. The zero-order valence-corrected chi connectivity index (χ0v) is 17.3. The molecule has 1 N–H and O–H groups in total. The van der Waals surface area contributed by atoms with Gasteiger partial charge in [-0.05, 0) is 25.1 Å². The third-order valence-electron chi connectivity index (χ3n) is 4.55. The van der Waals surface area contributed by atoms with Gasteiger partial charge in [0.25, 0.3) is 11.5 Å². The molecule has 0 saturated carbocycles. The van der Waals surface area contributed by atoms with Gasteiger partial charge in [-0.1, -0.05) is 30.3 Å². The molecule has 0 spiro atoms. The molecule has 0 aliphatic heterocycles. The second-order valence-electron chi connectivity index (χ2n) is 6.73. The van der Waals surface area contributed by atoms with Crippen LogP contribution in [-0.2, 0) is 11.3 Å². The van der Waals surface area contributed by atoms with Crippen LogP contribution in [0.1, 0.15) is 17.3 Å².